The highest BCUT2D eigenvalue weighted by atomic mass is 16.5. The van der Waals surface area contributed by atoms with E-state index < -0.39 is 0 Å². The fraction of sp³-hybridized carbons (Fsp3) is 0.600. The molecule has 3 atom stereocenters. The Balaban J connectivity index is 1.73. The zero-order valence-electron chi connectivity index (χ0n) is 10.6. The maximum absolute atomic E-state index is 10.1. The number of benzene rings is 1. The van der Waals surface area contributed by atoms with E-state index in [0.717, 1.165) is 38.0 Å². The summed E-state index contributed by atoms with van der Waals surface area (Å²) in [5, 5.41) is 13.7. The van der Waals surface area contributed by atoms with E-state index in [-0.39, 0.29) is 12.1 Å². The lowest BCUT2D eigenvalue weighted by molar-refractivity contribution is 0.0805. The molecule has 2 aliphatic rings. The maximum atomic E-state index is 10.1. The van der Waals surface area contributed by atoms with Crippen LogP contribution in [-0.4, -0.2) is 23.9 Å². The lowest BCUT2D eigenvalue weighted by Crippen LogP contribution is -2.44. The number of para-hydroxylation sites is 1. The molecule has 18 heavy (non-hydrogen) atoms. The van der Waals surface area contributed by atoms with Crippen LogP contribution in [0.2, 0.25) is 0 Å². The van der Waals surface area contributed by atoms with Crippen molar-refractivity contribution in [3.05, 3.63) is 29.8 Å². The first kappa shape index (κ1) is 12.0. The molecule has 3 nitrogen and oxygen atoms in total. The zero-order valence-corrected chi connectivity index (χ0v) is 10.6. The topological polar surface area (TPSA) is 41.5 Å². The van der Waals surface area contributed by atoms with Crippen molar-refractivity contribution in [3.63, 3.8) is 0 Å². The molecular weight excluding hydrogens is 226 g/mol. The van der Waals surface area contributed by atoms with E-state index in [1.54, 1.807) is 0 Å². The predicted molar refractivity (Wildman–Crippen MR) is 70.7 cm³/mol. The van der Waals surface area contributed by atoms with E-state index in [4.69, 9.17) is 4.74 Å². The van der Waals surface area contributed by atoms with Crippen LogP contribution in [0.1, 0.15) is 43.7 Å². The molecule has 0 amide bonds. The van der Waals surface area contributed by atoms with Crippen LogP contribution in [0.4, 0.5) is 0 Å². The van der Waals surface area contributed by atoms with Crippen LogP contribution in [0.15, 0.2) is 24.3 Å². The van der Waals surface area contributed by atoms with Gasteiger partial charge in [0.25, 0.3) is 0 Å². The van der Waals surface area contributed by atoms with Crippen molar-refractivity contribution < 1.29 is 9.84 Å². The van der Waals surface area contributed by atoms with E-state index in [0.29, 0.717) is 6.04 Å². The second-order valence-electron chi connectivity index (χ2n) is 5.35. The highest BCUT2D eigenvalue weighted by Crippen LogP contribution is 2.33. The van der Waals surface area contributed by atoms with Gasteiger partial charge in [-0.05, 0) is 18.9 Å². The monoisotopic (exact) mass is 247 g/mol. The van der Waals surface area contributed by atoms with Crippen molar-refractivity contribution in [2.45, 2.75) is 50.3 Å². The summed E-state index contributed by atoms with van der Waals surface area (Å²) in [6.45, 7) is 0.761. The number of ether oxygens (including phenoxy) is 1. The van der Waals surface area contributed by atoms with Crippen LogP contribution in [-0.2, 0) is 0 Å². The number of fused-ring (bicyclic) bond motifs is 1. The minimum Gasteiger partial charge on any atom is -0.493 e. The van der Waals surface area contributed by atoms with Gasteiger partial charge in [-0.2, -0.15) is 0 Å². The predicted octanol–water partition coefficient (Wildman–Crippen LogP) is 2.40. The van der Waals surface area contributed by atoms with E-state index in [9.17, 15) is 5.11 Å². The Bertz CT molecular complexity index is 407. The summed E-state index contributed by atoms with van der Waals surface area (Å²) in [6, 6.07) is 8.79. The highest BCUT2D eigenvalue weighted by Gasteiger charge is 2.28. The van der Waals surface area contributed by atoms with Gasteiger partial charge in [0.1, 0.15) is 5.75 Å². The lowest BCUT2D eigenvalue weighted by Gasteiger charge is -2.34. The quantitative estimate of drug-likeness (QED) is 0.843. The Morgan fingerprint density at radius 3 is 2.83 bits per heavy atom. The summed E-state index contributed by atoms with van der Waals surface area (Å²) in [5.74, 6) is 0.992. The molecule has 3 rings (SSSR count). The normalized spacial score (nSPS) is 31.5. The number of aliphatic hydroxyl groups is 1. The third-order valence-electron chi connectivity index (χ3n) is 4.10. The smallest absolute Gasteiger partial charge is 0.124 e. The van der Waals surface area contributed by atoms with Crippen LogP contribution in [0.5, 0.6) is 5.75 Å². The van der Waals surface area contributed by atoms with Gasteiger partial charge in [-0.3, -0.25) is 0 Å². The number of aliphatic hydroxyl groups excluding tert-OH is 1. The van der Waals surface area contributed by atoms with Gasteiger partial charge in [0, 0.05) is 24.1 Å². The maximum Gasteiger partial charge on any atom is 0.124 e. The first-order valence-electron chi connectivity index (χ1n) is 7.00. The SMILES string of the molecule is OC1CCCCC1NC1CCOc2ccccc21. The fourth-order valence-corrected chi connectivity index (χ4v) is 3.08. The second-order valence-corrected chi connectivity index (χ2v) is 5.35. The Hall–Kier alpha value is -1.06. The summed E-state index contributed by atoms with van der Waals surface area (Å²) in [7, 11) is 0. The third-order valence-corrected chi connectivity index (χ3v) is 4.10. The molecule has 98 valence electrons. The molecule has 3 heteroatoms. The van der Waals surface area contributed by atoms with Crippen molar-refractivity contribution in [1.82, 2.24) is 5.32 Å². The Kier molecular flexibility index (Phi) is 3.52. The first-order valence-corrected chi connectivity index (χ1v) is 7.00. The van der Waals surface area contributed by atoms with Gasteiger partial charge in [0.05, 0.1) is 12.7 Å². The van der Waals surface area contributed by atoms with Crippen LogP contribution < -0.4 is 10.1 Å². The van der Waals surface area contributed by atoms with Gasteiger partial charge >= 0.3 is 0 Å². The van der Waals surface area contributed by atoms with Crippen LogP contribution in [0, 0.1) is 0 Å². The Morgan fingerprint density at radius 1 is 1.11 bits per heavy atom. The molecule has 1 aromatic rings. The fourth-order valence-electron chi connectivity index (χ4n) is 3.08. The van der Waals surface area contributed by atoms with Gasteiger partial charge in [0.15, 0.2) is 0 Å². The molecule has 0 aromatic heterocycles. The number of hydrogen-bond acceptors (Lipinski definition) is 3. The van der Waals surface area contributed by atoms with Crippen molar-refractivity contribution in [2.75, 3.05) is 6.61 Å². The number of hydrogen-bond donors (Lipinski definition) is 2. The summed E-state index contributed by atoms with van der Waals surface area (Å²) < 4.78 is 5.67. The molecule has 2 N–H and O–H groups in total. The van der Waals surface area contributed by atoms with Crippen LogP contribution >= 0.6 is 0 Å². The lowest BCUT2D eigenvalue weighted by atomic mass is 9.90. The first-order chi connectivity index (χ1) is 8.84. The molecule has 1 aromatic carbocycles. The van der Waals surface area contributed by atoms with Crippen molar-refractivity contribution in [3.8, 4) is 5.75 Å². The summed E-state index contributed by atoms with van der Waals surface area (Å²) in [4.78, 5) is 0. The number of rotatable bonds is 2. The van der Waals surface area contributed by atoms with Gasteiger partial charge < -0.3 is 15.2 Å². The van der Waals surface area contributed by atoms with Crippen molar-refractivity contribution in [1.29, 1.82) is 0 Å². The van der Waals surface area contributed by atoms with E-state index in [1.165, 1.54) is 12.0 Å². The minimum atomic E-state index is -0.186. The Labute approximate surface area is 108 Å². The largest absolute Gasteiger partial charge is 0.493 e. The third kappa shape index (κ3) is 2.38. The standard InChI is InChI=1S/C15H21NO2/c17-14-7-3-2-6-13(14)16-12-9-10-18-15-8-4-1-5-11(12)15/h1,4-5,8,12-14,16-17H,2-3,6-7,9-10H2. The molecule has 1 aliphatic heterocycles. The molecule has 1 heterocycles. The average molecular weight is 247 g/mol. The second kappa shape index (κ2) is 5.29. The molecule has 1 saturated carbocycles. The van der Waals surface area contributed by atoms with Crippen LogP contribution in [0.25, 0.3) is 0 Å². The van der Waals surface area contributed by atoms with Crippen LogP contribution in [0.3, 0.4) is 0 Å². The molecule has 0 bridgehead atoms. The van der Waals surface area contributed by atoms with Gasteiger partial charge in [-0.25, -0.2) is 0 Å². The zero-order chi connectivity index (χ0) is 12.4. The Morgan fingerprint density at radius 2 is 1.94 bits per heavy atom. The molecule has 0 radical (unpaired) electrons. The molecule has 1 aliphatic carbocycles. The molecular formula is C15H21NO2. The molecule has 3 unspecified atom stereocenters. The van der Waals surface area contributed by atoms with E-state index in [1.807, 2.05) is 12.1 Å². The average Bonchev–Trinajstić information content (AvgIpc) is 2.42. The van der Waals surface area contributed by atoms with E-state index in [2.05, 4.69) is 17.4 Å². The highest BCUT2D eigenvalue weighted by molar-refractivity contribution is 5.37. The number of nitrogens with one attached hydrogen (secondary N) is 1. The molecule has 1 fully saturated rings. The molecule has 0 spiro atoms. The van der Waals surface area contributed by atoms with E-state index >= 15 is 0 Å². The summed E-state index contributed by atoms with van der Waals surface area (Å²) in [6.07, 6.45) is 5.20. The summed E-state index contributed by atoms with van der Waals surface area (Å²) in [5.41, 5.74) is 1.24. The van der Waals surface area contributed by atoms with Crippen molar-refractivity contribution in [2.24, 2.45) is 0 Å². The van der Waals surface area contributed by atoms with Gasteiger partial charge in [0.2, 0.25) is 0 Å². The summed E-state index contributed by atoms with van der Waals surface area (Å²) >= 11 is 0. The van der Waals surface area contributed by atoms with Crippen molar-refractivity contribution >= 4 is 0 Å². The molecule has 0 saturated heterocycles. The minimum absolute atomic E-state index is 0.186. The van der Waals surface area contributed by atoms with Gasteiger partial charge in [-0.1, -0.05) is 31.0 Å². The van der Waals surface area contributed by atoms with Gasteiger partial charge in [-0.15, -0.1) is 0 Å².